The van der Waals surface area contributed by atoms with E-state index in [0.717, 1.165) is 12.8 Å². The van der Waals surface area contributed by atoms with Crippen LogP contribution < -0.4 is 0 Å². The first-order valence-corrected chi connectivity index (χ1v) is 8.67. The number of rotatable bonds is 3. The number of hydrogen-bond acceptors (Lipinski definition) is 4. The number of amides is 4. The maximum Gasteiger partial charge on any atom is 0.254 e. The van der Waals surface area contributed by atoms with Crippen molar-refractivity contribution in [2.24, 2.45) is 11.3 Å². The minimum absolute atomic E-state index is 0.104. The van der Waals surface area contributed by atoms with E-state index in [0.29, 0.717) is 6.42 Å². The molecule has 0 bridgehead atoms. The maximum atomic E-state index is 12.1. The molecule has 3 aliphatic rings. The summed E-state index contributed by atoms with van der Waals surface area (Å²) in [4.78, 5) is 51.0. The van der Waals surface area contributed by atoms with Crippen molar-refractivity contribution in [3.05, 3.63) is 24.3 Å². The first kappa shape index (κ1) is 17.6. The second kappa shape index (κ2) is 5.64. The SMILES string of the molecule is CC1(C)CC(C(C)(C)N2C(=O)C=CC2=O)CCC1N1C(=O)C=CC1=O. The Hall–Kier alpha value is -2.24. The highest BCUT2D eigenvalue weighted by atomic mass is 16.2. The topological polar surface area (TPSA) is 74.8 Å². The quantitative estimate of drug-likeness (QED) is 0.732. The van der Waals surface area contributed by atoms with Crippen LogP contribution in [0.4, 0.5) is 0 Å². The molecule has 6 heteroatoms. The first-order valence-electron chi connectivity index (χ1n) is 8.67. The second-order valence-corrected chi connectivity index (χ2v) is 8.36. The summed E-state index contributed by atoms with van der Waals surface area (Å²) in [5.41, 5.74) is -0.909. The molecule has 0 radical (unpaired) electrons. The fourth-order valence-corrected chi connectivity index (χ4v) is 4.57. The van der Waals surface area contributed by atoms with Crippen LogP contribution >= 0.6 is 0 Å². The van der Waals surface area contributed by atoms with E-state index in [1.165, 1.54) is 34.1 Å². The van der Waals surface area contributed by atoms with Gasteiger partial charge in [0.2, 0.25) is 0 Å². The average molecular weight is 344 g/mol. The van der Waals surface area contributed by atoms with Crippen molar-refractivity contribution in [3.63, 3.8) is 0 Å². The molecule has 0 aromatic rings. The third kappa shape index (κ3) is 2.73. The summed E-state index contributed by atoms with van der Waals surface area (Å²) in [6.07, 6.45) is 7.41. The van der Waals surface area contributed by atoms with Gasteiger partial charge in [0.25, 0.3) is 23.6 Å². The summed E-state index contributed by atoms with van der Waals surface area (Å²) in [5.74, 6) is -0.954. The van der Waals surface area contributed by atoms with Crippen LogP contribution in [0.25, 0.3) is 0 Å². The Morgan fingerprint density at radius 3 is 1.84 bits per heavy atom. The lowest BCUT2D eigenvalue weighted by Gasteiger charge is -2.51. The second-order valence-electron chi connectivity index (χ2n) is 8.36. The molecule has 2 heterocycles. The van der Waals surface area contributed by atoms with Gasteiger partial charge >= 0.3 is 0 Å². The number of carbonyl (C=O) groups excluding carboxylic acids is 4. The molecule has 1 aliphatic carbocycles. The molecule has 0 spiro atoms. The van der Waals surface area contributed by atoms with Crippen LogP contribution in [-0.2, 0) is 19.2 Å². The van der Waals surface area contributed by atoms with Crippen LogP contribution in [0.3, 0.4) is 0 Å². The van der Waals surface area contributed by atoms with E-state index in [1.807, 2.05) is 27.7 Å². The van der Waals surface area contributed by atoms with Gasteiger partial charge < -0.3 is 0 Å². The molecule has 2 aliphatic heterocycles. The summed E-state index contributed by atoms with van der Waals surface area (Å²) in [7, 11) is 0. The van der Waals surface area contributed by atoms with Crippen molar-refractivity contribution in [2.75, 3.05) is 0 Å². The third-order valence-electron chi connectivity index (χ3n) is 6.00. The molecule has 134 valence electrons. The van der Waals surface area contributed by atoms with E-state index in [1.54, 1.807) is 0 Å². The Kier molecular flexibility index (Phi) is 3.97. The summed E-state index contributed by atoms with van der Waals surface area (Å²) in [5, 5.41) is 0. The Morgan fingerprint density at radius 2 is 1.36 bits per heavy atom. The van der Waals surface area contributed by atoms with E-state index in [4.69, 9.17) is 0 Å². The predicted molar refractivity (Wildman–Crippen MR) is 91.0 cm³/mol. The summed E-state index contributed by atoms with van der Waals surface area (Å²) < 4.78 is 0. The van der Waals surface area contributed by atoms with Gasteiger partial charge in [-0.2, -0.15) is 0 Å². The monoisotopic (exact) mass is 344 g/mol. The molecule has 25 heavy (non-hydrogen) atoms. The molecule has 6 nitrogen and oxygen atoms in total. The van der Waals surface area contributed by atoms with Gasteiger partial charge in [0.05, 0.1) is 0 Å². The molecule has 0 saturated heterocycles. The molecular formula is C19H24N2O4. The first-order chi connectivity index (χ1) is 11.6. The van der Waals surface area contributed by atoms with Crippen molar-refractivity contribution in [1.29, 1.82) is 0 Å². The van der Waals surface area contributed by atoms with Crippen LogP contribution in [0, 0.1) is 11.3 Å². The van der Waals surface area contributed by atoms with Crippen molar-refractivity contribution in [2.45, 2.75) is 58.5 Å². The highest BCUT2D eigenvalue weighted by Crippen LogP contribution is 2.47. The molecule has 0 aromatic heterocycles. The Labute approximate surface area is 147 Å². The zero-order valence-electron chi connectivity index (χ0n) is 15.1. The lowest BCUT2D eigenvalue weighted by atomic mass is 9.63. The maximum absolute atomic E-state index is 12.1. The summed E-state index contributed by atoms with van der Waals surface area (Å²) in [6, 6.07) is -0.169. The predicted octanol–water partition coefficient (Wildman–Crippen LogP) is 1.81. The van der Waals surface area contributed by atoms with Crippen LogP contribution in [-0.4, -0.2) is 45.0 Å². The van der Waals surface area contributed by atoms with Gasteiger partial charge in [0.1, 0.15) is 0 Å². The van der Waals surface area contributed by atoms with Gasteiger partial charge in [-0.25, -0.2) is 0 Å². The number of hydrogen-bond donors (Lipinski definition) is 0. The molecular weight excluding hydrogens is 320 g/mol. The van der Waals surface area contributed by atoms with E-state index >= 15 is 0 Å². The van der Waals surface area contributed by atoms with Crippen LogP contribution in [0.5, 0.6) is 0 Å². The summed E-state index contributed by atoms with van der Waals surface area (Å²) >= 11 is 0. The van der Waals surface area contributed by atoms with Crippen molar-refractivity contribution < 1.29 is 19.2 Å². The number of nitrogens with zero attached hydrogens (tertiary/aromatic N) is 2. The van der Waals surface area contributed by atoms with Crippen molar-refractivity contribution in [3.8, 4) is 0 Å². The Morgan fingerprint density at radius 1 is 0.880 bits per heavy atom. The number of imide groups is 2. The summed E-state index contributed by atoms with van der Waals surface area (Å²) in [6.45, 7) is 7.94. The van der Waals surface area contributed by atoms with Crippen molar-refractivity contribution in [1.82, 2.24) is 9.80 Å². The molecule has 0 aromatic carbocycles. The molecule has 4 amide bonds. The molecule has 3 rings (SSSR count). The van der Waals surface area contributed by atoms with Gasteiger partial charge in [0.15, 0.2) is 0 Å². The van der Waals surface area contributed by atoms with Gasteiger partial charge in [-0.15, -0.1) is 0 Å². The van der Waals surface area contributed by atoms with Gasteiger partial charge in [-0.05, 0) is 44.4 Å². The van der Waals surface area contributed by atoms with E-state index in [-0.39, 0.29) is 41.0 Å². The minimum atomic E-state index is -0.614. The average Bonchev–Trinajstić information content (AvgIpc) is 3.01. The third-order valence-corrected chi connectivity index (χ3v) is 6.00. The highest BCUT2D eigenvalue weighted by Gasteiger charge is 2.50. The van der Waals surface area contributed by atoms with Crippen molar-refractivity contribution >= 4 is 23.6 Å². The molecule has 2 atom stereocenters. The largest absolute Gasteiger partial charge is 0.272 e. The number of carbonyl (C=O) groups is 4. The molecule has 1 saturated carbocycles. The molecule has 2 unspecified atom stereocenters. The molecule has 1 fully saturated rings. The Balaban J connectivity index is 1.80. The fraction of sp³-hybridized carbons (Fsp3) is 0.579. The van der Waals surface area contributed by atoms with Gasteiger partial charge in [-0.3, -0.25) is 29.0 Å². The zero-order chi connectivity index (χ0) is 18.6. The van der Waals surface area contributed by atoms with Crippen LogP contribution in [0.15, 0.2) is 24.3 Å². The Bertz CT molecular complexity index is 681. The smallest absolute Gasteiger partial charge is 0.254 e. The normalized spacial score (nSPS) is 29.3. The lowest BCUT2D eigenvalue weighted by molar-refractivity contribution is -0.148. The minimum Gasteiger partial charge on any atom is -0.272 e. The molecule has 0 N–H and O–H groups in total. The fourth-order valence-electron chi connectivity index (χ4n) is 4.57. The van der Waals surface area contributed by atoms with E-state index in [2.05, 4.69) is 0 Å². The van der Waals surface area contributed by atoms with Gasteiger partial charge in [-0.1, -0.05) is 13.8 Å². The lowest BCUT2D eigenvalue weighted by Crippen LogP contribution is -2.58. The van der Waals surface area contributed by atoms with E-state index in [9.17, 15) is 19.2 Å². The van der Waals surface area contributed by atoms with Gasteiger partial charge in [0, 0.05) is 35.9 Å². The zero-order valence-corrected chi connectivity index (χ0v) is 15.1. The van der Waals surface area contributed by atoms with Crippen LogP contribution in [0.2, 0.25) is 0 Å². The standard InChI is InChI=1S/C19H24N2O4/c1-18(2)11-12(19(3,4)21-16(24)9-10-17(21)25)5-6-13(18)20-14(22)7-8-15(20)23/h7-10,12-13H,5-6,11H2,1-4H3. The van der Waals surface area contributed by atoms with Crippen LogP contribution in [0.1, 0.15) is 47.0 Å². The van der Waals surface area contributed by atoms with E-state index < -0.39 is 5.54 Å². The highest BCUT2D eigenvalue weighted by molar-refractivity contribution is 6.14.